The molecule has 7 heteroatoms. The van der Waals surface area contributed by atoms with Crippen molar-refractivity contribution in [2.45, 2.75) is 0 Å². The fraction of sp³-hybridized carbons (Fsp3) is 0.154. The Kier molecular flexibility index (Phi) is 5.41. The molecular formula is C26H20FN5O. The molecule has 33 heavy (non-hydrogen) atoms. The van der Waals surface area contributed by atoms with Crippen LogP contribution in [0.5, 0.6) is 0 Å². The summed E-state index contributed by atoms with van der Waals surface area (Å²) in [5.41, 5.74) is 3.25. The highest BCUT2D eigenvalue weighted by Gasteiger charge is 2.25. The van der Waals surface area contributed by atoms with Crippen molar-refractivity contribution < 1.29 is 9.18 Å². The Bertz CT molecular complexity index is 1370. The molecule has 0 spiro atoms. The van der Waals surface area contributed by atoms with Gasteiger partial charge in [-0.25, -0.2) is 14.4 Å². The van der Waals surface area contributed by atoms with E-state index in [9.17, 15) is 9.18 Å². The molecule has 6 nitrogen and oxygen atoms in total. The predicted molar refractivity (Wildman–Crippen MR) is 124 cm³/mol. The Balaban J connectivity index is 1.42. The molecule has 5 rings (SSSR count). The smallest absolute Gasteiger partial charge is 0.254 e. The normalized spacial score (nSPS) is 13.7. The lowest BCUT2D eigenvalue weighted by molar-refractivity contribution is 0.0748. The van der Waals surface area contributed by atoms with Crippen molar-refractivity contribution in [3.05, 3.63) is 89.9 Å². The minimum atomic E-state index is -0.316. The van der Waals surface area contributed by atoms with Gasteiger partial charge >= 0.3 is 0 Å². The van der Waals surface area contributed by atoms with Gasteiger partial charge in [0.05, 0.1) is 28.4 Å². The van der Waals surface area contributed by atoms with Crippen molar-refractivity contribution in [2.75, 3.05) is 31.1 Å². The topological polar surface area (TPSA) is 73.1 Å². The third-order valence-corrected chi connectivity index (χ3v) is 5.85. The van der Waals surface area contributed by atoms with Crippen molar-refractivity contribution >= 4 is 22.6 Å². The van der Waals surface area contributed by atoms with Crippen LogP contribution in [0.15, 0.2) is 72.9 Å². The highest BCUT2D eigenvalue weighted by Crippen LogP contribution is 2.27. The van der Waals surface area contributed by atoms with Crippen molar-refractivity contribution in [1.29, 1.82) is 5.26 Å². The number of anilines is 1. The molecule has 2 aromatic carbocycles. The molecule has 1 aliphatic heterocycles. The number of nitriles is 1. The Morgan fingerprint density at radius 1 is 0.970 bits per heavy atom. The second kappa shape index (κ2) is 8.67. The van der Waals surface area contributed by atoms with E-state index in [1.54, 1.807) is 36.5 Å². The fourth-order valence-electron chi connectivity index (χ4n) is 4.09. The van der Waals surface area contributed by atoms with Gasteiger partial charge in [-0.05, 0) is 48.5 Å². The van der Waals surface area contributed by atoms with Crippen LogP contribution in [0.4, 0.5) is 10.2 Å². The molecular weight excluding hydrogens is 417 g/mol. The highest BCUT2D eigenvalue weighted by molar-refractivity contribution is 6.07. The summed E-state index contributed by atoms with van der Waals surface area (Å²) in [6, 6.07) is 21.1. The van der Waals surface area contributed by atoms with E-state index < -0.39 is 0 Å². The Morgan fingerprint density at radius 2 is 1.73 bits per heavy atom. The molecule has 1 amide bonds. The van der Waals surface area contributed by atoms with E-state index in [1.807, 2.05) is 29.2 Å². The van der Waals surface area contributed by atoms with Crippen LogP contribution in [0.3, 0.4) is 0 Å². The van der Waals surface area contributed by atoms with E-state index >= 15 is 0 Å². The average molecular weight is 437 g/mol. The van der Waals surface area contributed by atoms with Crippen LogP contribution in [0.25, 0.3) is 22.2 Å². The Labute approximate surface area is 190 Å². The van der Waals surface area contributed by atoms with Crippen LogP contribution in [0.1, 0.15) is 15.9 Å². The summed E-state index contributed by atoms with van der Waals surface area (Å²) in [7, 11) is 0. The van der Waals surface area contributed by atoms with Crippen LogP contribution in [0.2, 0.25) is 0 Å². The zero-order valence-corrected chi connectivity index (χ0v) is 17.8. The van der Waals surface area contributed by atoms with Gasteiger partial charge in [-0.3, -0.25) is 4.79 Å². The van der Waals surface area contributed by atoms with Crippen molar-refractivity contribution in [1.82, 2.24) is 14.9 Å². The van der Waals surface area contributed by atoms with Gasteiger partial charge < -0.3 is 9.80 Å². The number of hydrogen-bond donors (Lipinski definition) is 0. The summed E-state index contributed by atoms with van der Waals surface area (Å²) in [4.78, 5) is 26.5. The summed E-state index contributed by atoms with van der Waals surface area (Å²) in [5, 5.41) is 9.92. The van der Waals surface area contributed by atoms with E-state index in [4.69, 9.17) is 10.2 Å². The number of hydrogen-bond acceptors (Lipinski definition) is 5. The van der Waals surface area contributed by atoms with Crippen molar-refractivity contribution in [3.63, 3.8) is 0 Å². The number of amides is 1. The van der Waals surface area contributed by atoms with E-state index in [0.717, 1.165) is 22.3 Å². The Hall–Kier alpha value is -4.31. The van der Waals surface area contributed by atoms with Gasteiger partial charge in [-0.15, -0.1) is 0 Å². The molecule has 1 fully saturated rings. The molecule has 1 aliphatic rings. The van der Waals surface area contributed by atoms with E-state index in [2.05, 4.69) is 16.0 Å². The number of fused-ring (bicyclic) bond motifs is 1. The number of pyridine rings is 2. The summed E-state index contributed by atoms with van der Waals surface area (Å²) in [6.45, 7) is 2.34. The first-order chi connectivity index (χ1) is 16.1. The van der Waals surface area contributed by atoms with Crippen LogP contribution >= 0.6 is 0 Å². The van der Waals surface area contributed by atoms with Gasteiger partial charge in [0.15, 0.2) is 0 Å². The number of rotatable bonds is 3. The van der Waals surface area contributed by atoms with Gasteiger partial charge in [0.2, 0.25) is 0 Å². The van der Waals surface area contributed by atoms with Crippen LogP contribution in [-0.2, 0) is 0 Å². The monoisotopic (exact) mass is 437 g/mol. The van der Waals surface area contributed by atoms with E-state index in [0.29, 0.717) is 43.0 Å². The number of carbonyl (C=O) groups excluding carboxylic acids is 1. The van der Waals surface area contributed by atoms with Gasteiger partial charge in [-0.1, -0.05) is 18.2 Å². The highest BCUT2D eigenvalue weighted by atomic mass is 19.1. The Morgan fingerprint density at radius 3 is 2.48 bits per heavy atom. The number of aromatic nitrogens is 2. The third kappa shape index (κ3) is 4.11. The summed E-state index contributed by atoms with van der Waals surface area (Å²) in [6.07, 6.45) is 1.63. The first kappa shape index (κ1) is 20.6. The molecule has 0 atom stereocenters. The van der Waals surface area contributed by atoms with Crippen LogP contribution in [-0.4, -0.2) is 47.0 Å². The van der Waals surface area contributed by atoms with Crippen molar-refractivity contribution in [2.24, 2.45) is 0 Å². The van der Waals surface area contributed by atoms with Gasteiger partial charge in [0.1, 0.15) is 11.6 Å². The van der Waals surface area contributed by atoms with E-state index in [1.165, 1.54) is 12.1 Å². The molecule has 0 N–H and O–H groups in total. The number of piperazine rings is 1. The lowest BCUT2D eigenvalue weighted by atomic mass is 10.0. The molecule has 1 saturated heterocycles. The number of halogens is 1. The SMILES string of the molecule is N#Cc1ccnc(N2CCN(C(=O)c3cc(-c4ccc(F)cc4)nc4ccccc34)CC2)c1. The summed E-state index contributed by atoms with van der Waals surface area (Å²) in [5.74, 6) is 0.368. The molecule has 0 bridgehead atoms. The molecule has 0 aliphatic carbocycles. The van der Waals surface area contributed by atoms with Gasteiger partial charge in [-0.2, -0.15) is 5.26 Å². The average Bonchev–Trinajstić information content (AvgIpc) is 2.88. The molecule has 2 aromatic heterocycles. The third-order valence-electron chi connectivity index (χ3n) is 5.85. The maximum atomic E-state index is 13.6. The molecule has 0 unspecified atom stereocenters. The maximum absolute atomic E-state index is 13.6. The quantitative estimate of drug-likeness (QED) is 0.479. The number of benzene rings is 2. The molecule has 0 saturated carbocycles. The second-order valence-electron chi connectivity index (χ2n) is 7.87. The van der Waals surface area contributed by atoms with Crippen LogP contribution < -0.4 is 4.90 Å². The first-order valence-corrected chi connectivity index (χ1v) is 10.7. The largest absolute Gasteiger partial charge is 0.353 e. The molecule has 3 heterocycles. The summed E-state index contributed by atoms with van der Waals surface area (Å²) >= 11 is 0. The fourth-order valence-corrected chi connectivity index (χ4v) is 4.09. The standard InChI is InChI=1S/C26H20FN5O/c27-20-7-5-19(6-8-20)24-16-22(21-3-1-2-4-23(21)30-24)26(33)32-13-11-31(12-14-32)25-15-18(17-28)9-10-29-25/h1-10,15-16H,11-14H2. The van der Waals surface area contributed by atoms with Crippen molar-refractivity contribution in [3.8, 4) is 17.3 Å². The van der Waals surface area contributed by atoms with Gasteiger partial charge in [0.25, 0.3) is 5.91 Å². The number of para-hydroxylation sites is 1. The number of nitrogens with zero attached hydrogens (tertiary/aromatic N) is 5. The predicted octanol–water partition coefficient (Wildman–Crippen LogP) is 4.27. The van der Waals surface area contributed by atoms with E-state index in [-0.39, 0.29) is 11.7 Å². The number of carbonyl (C=O) groups is 1. The minimum Gasteiger partial charge on any atom is -0.353 e. The zero-order valence-electron chi connectivity index (χ0n) is 17.8. The van der Waals surface area contributed by atoms with Crippen LogP contribution in [0, 0.1) is 17.1 Å². The second-order valence-corrected chi connectivity index (χ2v) is 7.87. The minimum absolute atomic E-state index is 0.0599. The first-order valence-electron chi connectivity index (χ1n) is 10.7. The molecule has 162 valence electrons. The lowest BCUT2D eigenvalue weighted by Gasteiger charge is -2.35. The maximum Gasteiger partial charge on any atom is 0.254 e. The molecule has 0 radical (unpaired) electrons. The lowest BCUT2D eigenvalue weighted by Crippen LogP contribution is -2.49. The zero-order chi connectivity index (χ0) is 22.8. The molecule has 4 aromatic rings. The van der Waals surface area contributed by atoms with Gasteiger partial charge in [0, 0.05) is 43.3 Å². The summed E-state index contributed by atoms with van der Waals surface area (Å²) < 4.78 is 13.4.